The van der Waals surface area contributed by atoms with Crippen molar-refractivity contribution in [2.24, 2.45) is 11.1 Å². The van der Waals surface area contributed by atoms with Crippen LogP contribution in [0.25, 0.3) is 11.3 Å². The van der Waals surface area contributed by atoms with Gasteiger partial charge in [0.25, 0.3) is 0 Å². The van der Waals surface area contributed by atoms with Crippen LogP contribution in [0.4, 0.5) is 8.78 Å². The lowest BCUT2D eigenvalue weighted by Gasteiger charge is -2.24. The van der Waals surface area contributed by atoms with Gasteiger partial charge in [-0.2, -0.15) is 0 Å². The van der Waals surface area contributed by atoms with E-state index in [2.05, 4.69) is 9.97 Å². The van der Waals surface area contributed by atoms with Gasteiger partial charge in [0.05, 0.1) is 17.9 Å². The van der Waals surface area contributed by atoms with Crippen LogP contribution in [-0.4, -0.2) is 9.97 Å². The van der Waals surface area contributed by atoms with Crippen molar-refractivity contribution in [1.82, 2.24) is 9.97 Å². The Bertz CT molecular complexity index is 585. The van der Waals surface area contributed by atoms with Gasteiger partial charge in [-0.25, -0.2) is 13.8 Å². The van der Waals surface area contributed by atoms with E-state index in [9.17, 15) is 8.78 Å². The number of H-pyrrole nitrogens is 1. The zero-order chi connectivity index (χ0) is 14.2. The highest BCUT2D eigenvalue weighted by Gasteiger charge is 2.24. The van der Waals surface area contributed by atoms with Crippen molar-refractivity contribution in [1.29, 1.82) is 0 Å². The van der Waals surface area contributed by atoms with Gasteiger partial charge in [0.2, 0.25) is 0 Å². The van der Waals surface area contributed by atoms with Crippen LogP contribution in [0.5, 0.6) is 0 Å². The molecule has 1 heterocycles. The van der Waals surface area contributed by atoms with E-state index in [1.165, 1.54) is 6.07 Å². The smallest absolute Gasteiger partial charge is 0.159 e. The van der Waals surface area contributed by atoms with Gasteiger partial charge in [0.1, 0.15) is 5.82 Å². The summed E-state index contributed by atoms with van der Waals surface area (Å²) in [7, 11) is 0. The van der Waals surface area contributed by atoms with Crippen molar-refractivity contribution in [3.8, 4) is 11.3 Å². The van der Waals surface area contributed by atoms with Crippen molar-refractivity contribution in [2.45, 2.75) is 26.8 Å². The number of hydrogen-bond donors (Lipinski definition) is 2. The Morgan fingerprint density at radius 2 is 1.89 bits per heavy atom. The second-order valence-corrected chi connectivity index (χ2v) is 5.65. The molecule has 102 valence electrons. The number of aromatic amines is 1. The largest absolute Gasteiger partial charge is 0.341 e. The van der Waals surface area contributed by atoms with E-state index in [4.69, 9.17) is 5.73 Å². The lowest BCUT2D eigenvalue weighted by Crippen LogP contribution is -2.27. The molecule has 2 rings (SSSR count). The maximum absolute atomic E-state index is 13.2. The van der Waals surface area contributed by atoms with Gasteiger partial charge in [-0.3, -0.25) is 0 Å². The monoisotopic (exact) mass is 265 g/mol. The van der Waals surface area contributed by atoms with Crippen molar-refractivity contribution < 1.29 is 8.78 Å². The highest BCUT2D eigenvalue weighted by molar-refractivity contribution is 5.58. The van der Waals surface area contributed by atoms with Crippen molar-refractivity contribution in [2.75, 3.05) is 0 Å². The average molecular weight is 265 g/mol. The minimum atomic E-state index is -0.881. The molecule has 3 N–H and O–H groups in total. The van der Waals surface area contributed by atoms with Crippen molar-refractivity contribution in [3.63, 3.8) is 0 Å². The highest BCUT2D eigenvalue weighted by atomic mass is 19.2. The number of nitrogens with one attached hydrogen (secondary N) is 1. The molecular formula is C14H17F2N3. The summed E-state index contributed by atoms with van der Waals surface area (Å²) >= 11 is 0. The summed E-state index contributed by atoms with van der Waals surface area (Å²) in [5.41, 5.74) is 7.11. The lowest BCUT2D eigenvalue weighted by molar-refractivity contribution is 0.317. The summed E-state index contributed by atoms with van der Waals surface area (Å²) in [6.45, 7) is 6.03. The first kappa shape index (κ1) is 13.7. The molecular weight excluding hydrogens is 248 g/mol. The normalized spacial score (nSPS) is 13.6. The Morgan fingerprint density at radius 3 is 2.47 bits per heavy atom. The average Bonchev–Trinajstić information content (AvgIpc) is 2.79. The maximum Gasteiger partial charge on any atom is 0.159 e. The number of nitrogens with two attached hydrogens (primary N) is 1. The van der Waals surface area contributed by atoms with Gasteiger partial charge in [-0.15, -0.1) is 0 Å². The fourth-order valence-electron chi connectivity index (χ4n) is 1.72. The molecule has 0 unspecified atom stereocenters. The fourth-order valence-corrected chi connectivity index (χ4v) is 1.72. The third kappa shape index (κ3) is 2.81. The molecule has 0 spiro atoms. The number of nitrogens with zero attached hydrogens (tertiary/aromatic N) is 1. The van der Waals surface area contributed by atoms with E-state index in [-0.39, 0.29) is 11.5 Å². The first-order valence-electron chi connectivity index (χ1n) is 6.05. The molecule has 0 radical (unpaired) electrons. The zero-order valence-electron chi connectivity index (χ0n) is 11.2. The molecule has 1 atom stereocenters. The van der Waals surface area contributed by atoms with Crippen molar-refractivity contribution >= 4 is 0 Å². The molecule has 0 aliphatic carbocycles. The Morgan fingerprint density at radius 1 is 1.21 bits per heavy atom. The van der Waals surface area contributed by atoms with E-state index < -0.39 is 11.6 Å². The Balaban J connectivity index is 2.33. The van der Waals surface area contributed by atoms with Gasteiger partial charge < -0.3 is 10.7 Å². The predicted molar refractivity (Wildman–Crippen MR) is 70.3 cm³/mol. The number of aromatic nitrogens is 2. The topological polar surface area (TPSA) is 54.7 Å². The van der Waals surface area contributed by atoms with Crippen LogP contribution in [0.15, 0.2) is 24.4 Å². The summed E-state index contributed by atoms with van der Waals surface area (Å²) in [5, 5.41) is 0. The first-order chi connectivity index (χ1) is 8.79. The molecule has 19 heavy (non-hydrogen) atoms. The number of hydrogen-bond acceptors (Lipinski definition) is 2. The minimum absolute atomic E-state index is 0.136. The minimum Gasteiger partial charge on any atom is -0.341 e. The van der Waals surface area contributed by atoms with Crippen LogP contribution in [0.3, 0.4) is 0 Å². The van der Waals surface area contributed by atoms with Gasteiger partial charge >= 0.3 is 0 Å². The Kier molecular flexibility index (Phi) is 3.41. The lowest BCUT2D eigenvalue weighted by atomic mass is 9.87. The second kappa shape index (κ2) is 4.74. The quantitative estimate of drug-likeness (QED) is 0.874. The SMILES string of the molecule is CC(C)(C)[C@H](N)c1ncc(-c2ccc(F)c(F)c2)[nH]1. The van der Waals surface area contributed by atoms with Crippen LogP contribution in [0, 0.1) is 17.0 Å². The molecule has 3 nitrogen and oxygen atoms in total. The zero-order valence-corrected chi connectivity index (χ0v) is 11.2. The molecule has 0 saturated heterocycles. The molecule has 5 heteroatoms. The Labute approximate surface area is 110 Å². The van der Waals surface area contributed by atoms with E-state index in [0.717, 1.165) is 12.1 Å². The van der Waals surface area contributed by atoms with E-state index in [0.29, 0.717) is 17.1 Å². The van der Waals surface area contributed by atoms with E-state index >= 15 is 0 Å². The number of benzene rings is 1. The van der Waals surface area contributed by atoms with Crippen LogP contribution < -0.4 is 5.73 Å². The molecule has 1 aromatic heterocycles. The molecule has 0 aliphatic heterocycles. The van der Waals surface area contributed by atoms with Gasteiger partial charge in [-0.05, 0) is 23.6 Å². The molecule has 0 saturated carbocycles. The second-order valence-electron chi connectivity index (χ2n) is 5.65. The van der Waals surface area contributed by atoms with Gasteiger partial charge in [0.15, 0.2) is 11.6 Å². The maximum atomic E-state index is 13.2. The fraction of sp³-hybridized carbons (Fsp3) is 0.357. The first-order valence-corrected chi connectivity index (χ1v) is 6.05. The summed E-state index contributed by atoms with van der Waals surface area (Å²) < 4.78 is 26.1. The van der Waals surface area contributed by atoms with Gasteiger partial charge in [0, 0.05) is 5.56 Å². The van der Waals surface area contributed by atoms with Crippen LogP contribution >= 0.6 is 0 Å². The molecule has 1 aromatic carbocycles. The van der Waals surface area contributed by atoms with Gasteiger partial charge in [-0.1, -0.05) is 20.8 Å². The third-order valence-corrected chi connectivity index (χ3v) is 3.05. The number of rotatable bonds is 2. The standard InChI is InChI=1S/C14H17F2N3/c1-14(2,3)12(17)13-18-7-11(19-13)8-4-5-9(15)10(16)6-8/h4-7,12H,17H2,1-3H3,(H,18,19)/t12-/m1/s1. The summed E-state index contributed by atoms with van der Waals surface area (Å²) in [6, 6.07) is 3.47. The molecule has 0 fully saturated rings. The summed E-state index contributed by atoms with van der Waals surface area (Å²) in [4.78, 5) is 7.27. The van der Waals surface area contributed by atoms with Crippen LogP contribution in [0.1, 0.15) is 32.6 Å². The predicted octanol–water partition coefficient (Wildman–Crippen LogP) is 3.40. The van der Waals surface area contributed by atoms with E-state index in [1.807, 2.05) is 20.8 Å². The number of halogens is 2. The van der Waals surface area contributed by atoms with Crippen LogP contribution in [0.2, 0.25) is 0 Å². The van der Waals surface area contributed by atoms with Crippen molar-refractivity contribution in [3.05, 3.63) is 41.9 Å². The van der Waals surface area contributed by atoms with E-state index in [1.54, 1.807) is 6.20 Å². The number of imidazole rings is 1. The summed E-state index contributed by atoms with van der Waals surface area (Å²) in [6.07, 6.45) is 1.58. The Hall–Kier alpha value is -1.75. The molecule has 2 aromatic rings. The third-order valence-electron chi connectivity index (χ3n) is 3.05. The van der Waals surface area contributed by atoms with Crippen LogP contribution in [-0.2, 0) is 0 Å². The highest BCUT2D eigenvalue weighted by Crippen LogP contribution is 2.30. The molecule has 0 bridgehead atoms. The molecule has 0 amide bonds. The summed E-state index contributed by atoms with van der Waals surface area (Å²) in [5.74, 6) is -1.11. The molecule has 0 aliphatic rings.